The highest BCUT2D eigenvalue weighted by atomic mass is 16.6. The molecule has 1 aromatic carbocycles. The number of anilines is 1. The van der Waals surface area contributed by atoms with E-state index in [1.165, 1.54) is 5.69 Å². The highest BCUT2D eigenvalue weighted by Gasteiger charge is 2.16. The third-order valence-electron chi connectivity index (χ3n) is 3.82. The predicted octanol–water partition coefficient (Wildman–Crippen LogP) is 2.17. The molecule has 0 spiro atoms. The molecule has 134 valence electrons. The largest absolute Gasteiger partial charge is 0.496 e. The van der Waals surface area contributed by atoms with Gasteiger partial charge in [0.15, 0.2) is 0 Å². The Morgan fingerprint density at radius 2 is 2.00 bits per heavy atom. The standard InChI is InChI=1S/C18H29N3O3/c1-18(2,3)24-17(22)20-8-7-14-5-6-15(13-16(14)23-4)21-11-9-19-10-12-21/h5-6,13,19H,7-12H2,1-4H3,(H,20,22). The minimum Gasteiger partial charge on any atom is -0.496 e. The minimum atomic E-state index is -0.479. The number of rotatable bonds is 5. The predicted molar refractivity (Wildman–Crippen MR) is 96.0 cm³/mol. The number of alkyl carbamates (subject to hydrolysis) is 1. The summed E-state index contributed by atoms with van der Waals surface area (Å²) in [5.74, 6) is 0.858. The quantitative estimate of drug-likeness (QED) is 0.863. The summed E-state index contributed by atoms with van der Waals surface area (Å²) in [6.07, 6.45) is 0.309. The van der Waals surface area contributed by atoms with Gasteiger partial charge in [-0.05, 0) is 38.8 Å². The molecule has 1 aromatic rings. The number of piperazine rings is 1. The van der Waals surface area contributed by atoms with Crippen LogP contribution in [0.1, 0.15) is 26.3 Å². The number of carbonyl (C=O) groups excluding carboxylic acids is 1. The number of carbonyl (C=O) groups is 1. The maximum Gasteiger partial charge on any atom is 0.407 e. The van der Waals surface area contributed by atoms with Crippen LogP contribution in [0.2, 0.25) is 0 Å². The van der Waals surface area contributed by atoms with E-state index in [4.69, 9.17) is 9.47 Å². The number of ether oxygens (including phenoxy) is 2. The lowest BCUT2D eigenvalue weighted by Crippen LogP contribution is -2.43. The lowest BCUT2D eigenvalue weighted by Gasteiger charge is -2.30. The second kappa shape index (κ2) is 8.24. The number of amides is 1. The van der Waals surface area contributed by atoms with E-state index < -0.39 is 5.60 Å². The van der Waals surface area contributed by atoms with E-state index in [-0.39, 0.29) is 6.09 Å². The van der Waals surface area contributed by atoms with Gasteiger partial charge in [0.25, 0.3) is 0 Å². The maximum atomic E-state index is 11.7. The van der Waals surface area contributed by atoms with E-state index in [0.717, 1.165) is 37.5 Å². The van der Waals surface area contributed by atoms with Crippen LogP contribution in [0.5, 0.6) is 5.75 Å². The van der Waals surface area contributed by atoms with Crippen molar-refractivity contribution in [2.24, 2.45) is 0 Å². The summed E-state index contributed by atoms with van der Waals surface area (Å²) in [5, 5.41) is 6.14. The van der Waals surface area contributed by atoms with Crippen LogP contribution >= 0.6 is 0 Å². The third kappa shape index (κ3) is 5.60. The molecule has 2 N–H and O–H groups in total. The van der Waals surface area contributed by atoms with Crippen LogP contribution in [-0.4, -0.2) is 51.5 Å². The SMILES string of the molecule is COc1cc(N2CCNCC2)ccc1CCNC(=O)OC(C)(C)C. The number of hydrogen-bond donors (Lipinski definition) is 2. The molecule has 0 unspecified atom stereocenters. The Hall–Kier alpha value is -1.95. The summed E-state index contributed by atoms with van der Waals surface area (Å²) < 4.78 is 10.8. The first-order valence-corrected chi connectivity index (χ1v) is 8.48. The van der Waals surface area contributed by atoms with Crippen LogP contribution < -0.4 is 20.3 Å². The summed E-state index contributed by atoms with van der Waals surface area (Å²) >= 11 is 0. The molecule has 1 aliphatic heterocycles. The van der Waals surface area contributed by atoms with Gasteiger partial charge in [0.05, 0.1) is 7.11 Å². The van der Waals surface area contributed by atoms with Crippen molar-refractivity contribution in [3.8, 4) is 5.75 Å². The number of benzene rings is 1. The van der Waals surface area contributed by atoms with Gasteiger partial charge in [-0.2, -0.15) is 0 Å². The molecule has 1 heterocycles. The molecule has 0 saturated carbocycles. The molecule has 24 heavy (non-hydrogen) atoms. The van der Waals surface area contributed by atoms with Gasteiger partial charge in [-0.25, -0.2) is 4.79 Å². The Morgan fingerprint density at radius 3 is 2.62 bits per heavy atom. The third-order valence-corrected chi connectivity index (χ3v) is 3.82. The molecule has 1 amide bonds. The van der Waals surface area contributed by atoms with Crippen molar-refractivity contribution in [1.29, 1.82) is 0 Å². The molecule has 6 heteroatoms. The number of nitrogens with zero attached hydrogens (tertiary/aromatic N) is 1. The van der Waals surface area contributed by atoms with Gasteiger partial charge in [-0.1, -0.05) is 6.07 Å². The van der Waals surface area contributed by atoms with Crippen molar-refractivity contribution in [2.75, 3.05) is 44.7 Å². The van der Waals surface area contributed by atoms with Crippen molar-refractivity contribution < 1.29 is 14.3 Å². The fourth-order valence-electron chi connectivity index (χ4n) is 2.67. The average Bonchev–Trinajstić information content (AvgIpc) is 2.54. The van der Waals surface area contributed by atoms with Crippen LogP contribution in [-0.2, 0) is 11.2 Å². The fourth-order valence-corrected chi connectivity index (χ4v) is 2.67. The zero-order chi connectivity index (χ0) is 17.6. The summed E-state index contributed by atoms with van der Waals surface area (Å²) in [4.78, 5) is 14.0. The van der Waals surface area contributed by atoms with Gasteiger partial charge in [-0.15, -0.1) is 0 Å². The summed E-state index contributed by atoms with van der Waals surface area (Å²) in [6.45, 7) is 10.1. The van der Waals surface area contributed by atoms with Crippen molar-refractivity contribution >= 4 is 11.8 Å². The molecule has 2 rings (SSSR count). The van der Waals surface area contributed by atoms with E-state index in [2.05, 4.69) is 33.7 Å². The van der Waals surface area contributed by atoms with E-state index in [9.17, 15) is 4.79 Å². The van der Waals surface area contributed by atoms with Crippen LogP contribution in [0.3, 0.4) is 0 Å². The first-order chi connectivity index (χ1) is 11.4. The van der Waals surface area contributed by atoms with E-state index in [1.54, 1.807) is 7.11 Å². The zero-order valence-corrected chi connectivity index (χ0v) is 15.1. The average molecular weight is 335 g/mol. The minimum absolute atomic E-state index is 0.390. The van der Waals surface area contributed by atoms with Crippen LogP contribution in [0.15, 0.2) is 18.2 Å². The van der Waals surface area contributed by atoms with Crippen molar-refractivity contribution in [3.05, 3.63) is 23.8 Å². The second-order valence-electron chi connectivity index (χ2n) is 6.91. The smallest absolute Gasteiger partial charge is 0.407 e. The highest BCUT2D eigenvalue weighted by molar-refractivity contribution is 5.67. The highest BCUT2D eigenvalue weighted by Crippen LogP contribution is 2.26. The molecule has 0 aromatic heterocycles. The summed E-state index contributed by atoms with van der Waals surface area (Å²) in [7, 11) is 1.68. The lowest BCUT2D eigenvalue weighted by molar-refractivity contribution is 0.0528. The van der Waals surface area contributed by atoms with Crippen LogP contribution in [0.25, 0.3) is 0 Å². The Kier molecular flexibility index (Phi) is 6.31. The van der Waals surface area contributed by atoms with Gasteiger partial charge in [0, 0.05) is 44.5 Å². The normalized spacial score (nSPS) is 15.1. The Labute approximate surface area is 144 Å². The van der Waals surface area contributed by atoms with Gasteiger partial charge in [0.1, 0.15) is 11.4 Å². The van der Waals surface area contributed by atoms with Gasteiger partial charge in [0.2, 0.25) is 0 Å². The van der Waals surface area contributed by atoms with E-state index in [0.29, 0.717) is 13.0 Å². The lowest BCUT2D eigenvalue weighted by atomic mass is 10.1. The van der Waals surface area contributed by atoms with Crippen LogP contribution in [0.4, 0.5) is 10.5 Å². The van der Waals surface area contributed by atoms with E-state index in [1.807, 2.05) is 20.8 Å². The number of hydrogen-bond acceptors (Lipinski definition) is 5. The molecule has 0 aliphatic carbocycles. The molecule has 1 saturated heterocycles. The fraction of sp³-hybridized carbons (Fsp3) is 0.611. The molecule has 0 radical (unpaired) electrons. The maximum absolute atomic E-state index is 11.7. The summed E-state index contributed by atoms with van der Waals surface area (Å²) in [6, 6.07) is 6.28. The van der Waals surface area contributed by atoms with Crippen LogP contribution in [0, 0.1) is 0 Å². The number of methoxy groups -OCH3 is 1. The molecular weight excluding hydrogens is 306 g/mol. The first kappa shape index (κ1) is 18.4. The van der Waals surface area contributed by atoms with Crippen molar-refractivity contribution in [3.63, 3.8) is 0 Å². The number of nitrogens with one attached hydrogen (secondary N) is 2. The molecular formula is C18H29N3O3. The molecule has 0 bridgehead atoms. The molecule has 1 aliphatic rings. The van der Waals surface area contributed by atoms with Crippen molar-refractivity contribution in [2.45, 2.75) is 32.8 Å². The summed E-state index contributed by atoms with van der Waals surface area (Å²) in [5.41, 5.74) is 1.77. The molecule has 6 nitrogen and oxygen atoms in total. The van der Waals surface area contributed by atoms with Gasteiger partial charge in [-0.3, -0.25) is 0 Å². The Balaban J connectivity index is 1.91. The Morgan fingerprint density at radius 1 is 1.29 bits per heavy atom. The van der Waals surface area contributed by atoms with Crippen molar-refractivity contribution in [1.82, 2.24) is 10.6 Å². The van der Waals surface area contributed by atoms with Gasteiger partial charge >= 0.3 is 6.09 Å². The van der Waals surface area contributed by atoms with Gasteiger partial charge < -0.3 is 25.0 Å². The molecule has 1 fully saturated rings. The first-order valence-electron chi connectivity index (χ1n) is 8.48. The zero-order valence-electron chi connectivity index (χ0n) is 15.1. The Bertz CT molecular complexity index is 549. The van der Waals surface area contributed by atoms with E-state index >= 15 is 0 Å². The monoisotopic (exact) mass is 335 g/mol. The topological polar surface area (TPSA) is 62.8 Å². The molecule has 0 atom stereocenters. The second-order valence-corrected chi connectivity index (χ2v) is 6.91.